The van der Waals surface area contributed by atoms with E-state index in [9.17, 15) is 4.79 Å². The number of hydrogen-bond acceptors (Lipinski definition) is 3. The highest BCUT2D eigenvalue weighted by Crippen LogP contribution is 2.37. The third-order valence-electron chi connectivity index (χ3n) is 6.24. The first kappa shape index (κ1) is 22.4. The summed E-state index contributed by atoms with van der Waals surface area (Å²) in [4.78, 5) is 13.0. The molecule has 2 amide bonds. The number of carbonyl (C=O) groups excluding carboxylic acids is 1. The van der Waals surface area contributed by atoms with Crippen molar-refractivity contribution in [1.29, 1.82) is 5.41 Å². The van der Waals surface area contributed by atoms with Gasteiger partial charge in [-0.15, -0.1) is 0 Å². The molecule has 0 bridgehead atoms. The Morgan fingerprint density at radius 2 is 1.42 bits per heavy atom. The van der Waals surface area contributed by atoms with Gasteiger partial charge in [0.1, 0.15) is 5.84 Å². The van der Waals surface area contributed by atoms with Crippen molar-refractivity contribution in [3.8, 4) is 0 Å². The summed E-state index contributed by atoms with van der Waals surface area (Å²) in [6.07, 6.45) is 6.31. The average molecular weight is 442 g/mol. The van der Waals surface area contributed by atoms with Crippen LogP contribution >= 0.6 is 0 Å². The normalized spacial score (nSPS) is 15.2. The molecule has 33 heavy (non-hydrogen) atoms. The van der Waals surface area contributed by atoms with Crippen LogP contribution in [0, 0.1) is 5.41 Å². The summed E-state index contributed by atoms with van der Waals surface area (Å²) in [6.45, 7) is 0. The van der Waals surface area contributed by atoms with E-state index in [4.69, 9.17) is 11.1 Å². The standard InChI is InChI=1S/C27H31N5O/c28-25(29)20-9-8-12-24(19-20)31-26(33)32-27(17-6-1-2-7-18-27)21-13-15-23(16-14-21)30-22-10-4-3-5-11-22/h3-5,8-16,19,30H,1-2,6-7,17-18H2,(H3,28,29)(H2,31,32,33). The molecular weight excluding hydrogens is 410 g/mol. The number of benzene rings is 3. The van der Waals surface area contributed by atoms with Gasteiger partial charge in [-0.2, -0.15) is 0 Å². The second kappa shape index (κ2) is 10.2. The summed E-state index contributed by atoms with van der Waals surface area (Å²) < 4.78 is 0. The number of carbonyl (C=O) groups is 1. The molecule has 0 atom stereocenters. The van der Waals surface area contributed by atoms with Gasteiger partial charge in [-0.05, 0) is 54.8 Å². The number of amidine groups is 1. The van der Waals surface area contributed by atoms with E-state index in [1.54, 1.807) is 24.3 Å². The summed E-state index contributed by atoms with van der Waals surface area (Å²) in [7, 11) is 0. The summed E-state index contributed by atoms with van der Waals surface area (Å²) in [5.41, 5.74) is 9.55. The van der Waals surface area contributed by atoms with Crippen LogP contribution in [0.4, 0.5) is 21.9 Å². The van der Waals surface area contributed by atoms with Crippen LogP contribution < -0.4 is 21.7 Å². The SMILES string of the molecule is N=C(N)c1cccc(NC(=O)NC2(c3ccc(Nc4ccccc4)cc3)CCCCCC2)c1. The molecule has 0 aromatic heterocycles. The molecule has 1 aliphatic carbocycles. The van der Waals surface area contributed by atoms with Crippen molar-refractivity contribution in [1.82, 2.24) is 5.32 Å². The van der Waals surface area contributed by atoms with Crippen molar-refractivity contribution in [3.05, 3.63) is 90.0 Å². The lowest BCUT2D eigenvalue weighted by Gasteiger charge is -2.35. The Bertz CT molecular complexity index is 1090. The lowest BCUT2D eigenvalue weighted by molar-refractivity contribution is 0.229. The zero-order valence-corrected chi connectivity index (χ0v) is 18.7. The monoisotopic (exact) mass is 441 g/mol. The number of hydrogen-bond donors (Lipinski definition) is 5. The fourth-order valence-corrected chi connectivity index (χ4v) is 4.52. The van der Waals surface area contributed by atoms with Gasteiger partial charge >= 0.3 is 6.03 Å². The van der Waals surface area contributed by atoms with Gasteiger partial charge in [0, 0.05) is 22.6 Å². The number of rotatable bonds is 6. The summed E-state index contributed by atoms with van der Waals surface area (Å²) >= 11 is 0. The molecule has 1 aliphatic rings. The third kappa shape index (κ3) is 5.71. The van der Waals surface area contributed by atoms with E-state index in [-0.39, 0.29) is 11.9 Å². The molecule has 4 rings (SSSR count). The van der Waals surface area contributed by atoms with Crippen LogP contribution in [-0.2, 0) is 5.54 Å². The maximum Gasteiger partial charge on any atom is 0.319 e. The number of anilines is 3. The Hall–Kier alpha value is -3.80. The van der Waals surface area contributed by atoms with Crippen LogP contribution in [0.25, 0.3) is 0 Å². The molecule has 3 aromatic carbocycles. The van der Waals surface area contributed by atoms with Gasteiger partial charge in [0.25, 0.3) is 0 Å². The van der Waals surface area contributed by atoms with Crippen LogP contribution in [0.3, 0.4) is 0 Å². The first-order chi connectivity index (χ1) is 16.0. The molecular formula is C27H31N5O. The highest BCUT2D eigenvalue weighted by molar-refractivity contribution is 5.97. The Kier molecular flexibility index (Phi) is 6.93. The Morgan fingerprint density at radius 3 is 2.09 bits per heavy atom. The zero-order valence-electron chi connectivity index (χ0n) is 18.7. The van der Waals surface area contributed by atoms with Crippen molar-refractivity contribution < 1.29 is 4.79 Å². The predicted molar refractivity (Wildman–Crippen MR) is 135 cm³/mol. The number of amides is 2. The number of urea groups is 1. The minimum Gasteiger partial charge on any atom is -0.384 e. The van der Waals surface area contributed by atoms with E-state index in [0.29, 0.717) is 11.3 Å². The second-order valence-electron chi connectivity index (χ2n) is 8.64. The molecule has 1 saturated carbocycles. The second-order valence-corrected chi connectivity index (χ2v) is 8.64. The first-order valence-corrected chi connectivity index (χ1v) is 11.5. The van der Waals surface area contributed by atoms with Crippen molar-refractivity contribution in [2.75, 3.05) is 10.6 Å². The largest absolute Gasteiger partial charge is 0.384 e. The molecule has 170 valence electrons. The number of nitrogen functional groups attached to an aromatic ring is 1. The predicted octanol–water partition coefficient (Wildman–Crippen LogP) is 6.09. The van der Waals surface area contributed by atoms with E-state index in [1.165, 1.54) is 12.8 Å². The van der Waals surface area contributed by atoms with E-state index in [2.05, 4.69) is 40.2 Å². The van der Waals surface area contributed by atoms with E-state index >= 15 is 0 Å². The minimum absolute atomic E-state index is 0.0245. The van der Waals surface area contributed by atoms with E-state index < -0.39 is 5.54 Å². The average Bonchev–Trinajstić information content (AvgIpc) is 3.06. The maximum atomic E-state index is 13.0. The van der Waals surface area contributed by atoms with Gasteiger partial charge in [0.15, 0.2) is 0 Å². The molecule has 0 radical (unpaired) electrons. The van der Waals surface area contributed by atoms with Crippen LogP contribution in [0.1, 0.15) is 49.7 Å². The highest BCUT2D eigenvalue weighted by Gasteiger charge is 2.34. The molecule has 0 aliphatic heterocycles. The molecule has 6 heteroatoms. The third-order valence-corrected chi connectivity index (χ3v) is 6.24. The van der Waals surface area contributed by atoms with Gasteiger partial charge in [0.05, 0.1) is 5.54 Å². The number of nitrogens with one attached hydrogen (secondary N) is 4. The summed E-state index contributed by atoms with van der Waals surface area (Å²) in [5.74, 6) is -0.0245. The fourth-order valence-electron chi connectivity index (χ4n) is 4.52. The van der Waals surface area contributed by atoms with Gasteiger partial charge in [-0.25, -0.2) is 4.79 Å². The Morgan fingerprint density at radius 1 is 0.788 bits per heavy atom. The molecule has 0 spiro atoms. The molecule has 0 heterocycles. The van der Waals surface area contributed by atoms with Crippen LogP contribution in [0.5, 0.6) is 0 Å². The lowest BCUT2D eigenvalue weighted by atomic mass is 9.82. The number of nitrogens with two attached hydrogens (primary N) is 1. The molecule has 0 saturated heterocycles. The Balaban J connectivity index is 1.52. The van der Waals surface area contributed by atoms with Gasteiger partial charge in [-0.3, -0.25) is 5.41 Å². The smallest absolute Gasteiger partial charge is 0.319 e. The van der Waals surface area contributed by atoms with Crippen molar-refractivity contribution in [2.45, 2.75) is 44.1 Å². The molecule has 0 unspecified atom stereocenters. The van der Waals surface area contributed by atoms with Crippen LogP contribution in [0.15, 0.2) is 78.9 Å². The Labute approximate surface area is 195 Å². The van der Waals surface area contributed by atoms with E-state index in [0.717, 1.165) is 42.6 Å². The van der Waals surface area contributed by atoms with Crippen molar-refractivity contribution in [2.24, 2.45) is 5.73 Å². The molecule has 6 N–H and O–H groups in total. The van der Waals surface area contributed by atoms with Crippen molar-refractivity contribution in [3.63, 3.8) is 0 Å². The highest BCUT2D eigenvalue weighted by atomic mass is 16.2. The topological polar surface area (TPSA) is 103 Å². The summed E-state index contributed by atoms with van der Waals surface area (Å²) in [6, 6.07) is 25.3. The lowest BCUT2D eigenvalue weighted by Crippen LogP contribution is -2.47. The molecule has 1 fully saturated rings. The number of para-hydroxylation sites is 1. The fraction of sp³-hybridized carbons (Fsp3) is 0.259. The maximum absolute atomic E-state index is 13.0. The van der Waals surface area contributed by atoms with E-state index in [1.807, 2.05) is 30.3 Å². The van der Waals surface area contributed by atoms with Crippen molar-refractivity contribution >= 4 is 28.9 Å². The first-order valence-electron chi connectivity index (χ1n) is 11.5. The van der Waals surface area contributed by atoms with Gasteiger partial charge in [-0.1, -0.05) is 68.1 Å². The van der Waals surface area contributed by atoms with Crippen LogP contribution in [-0.4, -0.2) is 11.9 Å². The molecule has 3 aromatic rings. The summed E-state index contributed by atoms with van der Waals surface area (Å²) in [5, 5.41) is 17.3. The van der Waals surface area contributed by atoms with Crippen LogP contribution in [0.2, 0.25) is 0 Å². The minimum atomic E-state index is -0.413. The zero-order chi connectivity index (χ0) is 23.1. The van der Waals surface area contributed by atoms with Gasteiger partial charge in [0.2, 0.25) is 0 Å². The quantitative estimate of drug-likeness (QED) is 0.182. The van der Waals surface area contributed by atoms with Gasteiger partial charge < -0.3 is 21.7 Å². The molecule has 6 nitrogen and oxygen atoms in total.